The van der Waals surface area contributed by atoms with Crippen LogP contribution in [0.15, 0.2) is 58.4 Å². The fourth-order valence-electron chi connectivity index (χ4n) is 3.50. The molecule has 0 saturated carbocycles. The Kier molecular flexibility index (Phi) is 7.87. The molecular formula is C23H32N4O2S. The quantitative estimate of drug-likeness (QED) is 0.500. The zero-order valence-electron chi connectivity index (χ0n) is 17.9. The van der Waals surface area contributed by atoms with Gasteiger partial charge in [-0.05, 0) is 61.7 Å². The molecule has 0 amide bonds. The molecule has 0 unspecified atom stereocenters. The lowest BCUT2D eigenvalue weighted by Gasteiger charge is -2.15. The average Bonchev–Trinajstić information content (AvgIpc) is 3.24. The van der Waals surface area contributed by atoms with E-state index in [-0.39, 0.29) is 0 Å². The molecule has 1 saturated heterocycles. The zero-order valence-corrected chi connectivity index (χ0v) is 18.7. The van der Waals surface area contributed by atoms with Crippen molar-refractivity contribution in [3.05, 3.63) is 65.2 Å². The van der Waals surface area contributed by atoms with Crippen LogP contribution in [-0.2, 0) is 29.5 Å². The van der Waals surface area contributed by atoms with Gasteiger partial charge in [-0.1, -0.05) is 36.4 Å². The van der Waals surface area contributed by atoms with Crippen molar-refractivity contribution in [2.75, 3.05) is 25.9 Å². The number of likely N-dealkylation sites (tertiary alicyclic amines) is 1. The van der Waals surface area contributed by atoms with Crippen molar-refractivity contribution in [1.82, 2.24) is 15.5 Å². The van der Waals surface area contributed by atoms with Gasteiger partial charge in [0.25, 0.3) is 0 Å². The van der Waals surface area contributed by atoms with Crippen molar-refractivity contribution < 1.29 is 8.42 Å². The highest BCUT2D eigenvalue weighted by atomic mass is 32.2. The summed E-state index contributed by atoms with van der Waals surface area (Å²) in [5.41, 5.74) is 3.54. The zero-order chi connectivity index (χ0) is 21.4. The van der Waals surface area contributed by atoms with E-state index in [1.807, 2.05) is 19.1 Å². The van der Waals surface area contributed by atoms with Gasteiger partial charge >= 0.3 is 0 Å². The number of hydrogen-bond acceptors (Lipinski definition) is 4. The van der Waals surface area contributed by atoms with E-state index in [9.17, 15) is 8.42 Å². The van der Waals surface area contributed by atoms with E-state index in [1.54, 1.807) is 12.1 Å². The van der Waals surface area contributed by atoms with Crippen molar-refractivity contribution in [3.8, 4) is 0 Å². The van der Waals surface area contributed by atoms with Gasteiger partial charge in [-0.2, -0.15) is 0 Å². The molecule has 1 fully saturated rings. The molecule has 0 radical (unpaired) electrons. The summed E-state index contributed by atoms with van der Waals surface area (Å²) in [5.74, 6) is 0.742. The largest absolute Gasteiger partial charge is 0.357 e. The fraction of sp³-hybridized carbons (Fsp3) is 0.435. The van der Waals surface area contributed by atoms with Crippen LogP contribution in [0.5, 0.6) is 0 Å². The van der Waals surface area contributed by atoms with Crippen molar-refractivity contribution in [2.45, 2.75) is 44.3 Å². The minimum Gasteiger partial charge on any atom is -0.357 e. The van der Waals surface area contributed by atoms with E-state index in [0.29, 0.717) is 18.0 Å². The molecule has 0 aliphatic carbocycles. The molecule has 1 heterocycles. The highest BCUT2D eigenvalue weighted by molar-refractivity contribution is 7.90. The van der Waals surface area contributed by atoms with E-state index < -0.39 is 9.84 Å². The van der Waals surface area contributed by atoms with Crippen molar-refractivity contribution in [3.63, 3.8) is 0 Å². The summed E-state index contributed by atoms with van der Waals surface area (Å²) in [6, 6.07) is 15.6. The second kappa shape index (κ2) is 10.6. The number of hydrogen-bond donors (Lipinski definition) is 2. The van der Waals surface area contributed by atoms with E-state index in [0.717, 1.165) is 24.6 Å². The van der Waals surface area contributed by atoms with Crippen LogP contribution in [0.3, 0.4) is 0 Å². The number of sulfone groups is 1. The molecule has 3 rings (SSSR count). The normalized spacial score (nSPS) is 15.3. The van der Waals surface area contributed by atoms with Crippen LogP contribution < -0.4 is 10.6 Å². The van der Waals surface area contributed by atoms with E-state index in [2.05, 4.69) is 44.8 Å². The molecule has 2 N–H and O–H groups in total. The highest BCUT2D eigenvalue weighted by Gasteiger charge is 2.11. The van der Waals surface area contributed by atoms with E-state index in [4.69, 9.17) is 0 Å². The number of nitrogens with zero attached hydrogens (tertiary/aromatic N) is 2. The van der Waals surface area contributed by atoms with Gasteiger partial charge in [0.15, 0.2) is 15.8 Å². The van der Waals surface area contributed by atoms with Crippen LogP contribution in [-0.4, -0.2) is 45.2 Å². The van der Waals surface area contributed by atoms with Gasteiger partial charge in [-0.25, -0.2) is 13.4 Å². The van der Waals surface area contributed by atoms with Gasteiger partial charge in [0.2, 0.25) is 0 Å². The summed E-state index contributed by atoms with van der Waals surface area (Å²) in [6.45, 7) is 7.44. The Bertz CT molecular complexity index is 932. The lowest BCUT2D eigenvalue weighted by molar-refractivity contribution is 0.331. The summed E-state index contributed by atoms with van der Waals surface area (Å²) in [7, 11) is -3.17. The van der Waals surface area contributed by atoms with Crippen LogP contribution in [0.4, 0.5) is 0 Å². The molecule has 6 nitrogen and oxygen atoms in total. The van der Waals surface area contributed by atoms with Gasteiger partial charge in [0.05, 0.1) is 11.4 Å². The van der Waals surface area contributed by atoms with Gasteiger partial charge < -0.3 is 10.6 Å². The molecule has 1 aliphatic heterocycles. The maximum absolute atomic E-state index is 11.6. The topological polar surface area (TPSA) is 73.8 Å². The molecule has 162 valence electrons. The van der Waals surface area contributed by atoms with Crippen molar-refractivity contribution in [1.29, 1.82) is 0 Å². The van der Waals surface area contributed by atoms with Gasteiger partial charge in [0.1, 0.15) is 0 Å². The number of rotatable bonds is 8. The number of aliphatic imine (C=N–C) groups is 1. The van der Waals surface area contributed by atoms with Gasteiger partial charge in [0, 0.05) is 25.9 Å². The third kappa shape index (κ3) is 6.85. The Morgan fingerprint density at radius 2 is 1.53 bits per heavy atom. The SMILES string of the molecule is CCNC(=NCc1ccc(S(C)(=O)=O)cc1)NCc1ccc(CN2CCCC2)cc1. The molecule has 7 heteroatoms. The maximum Gasteiger partial charge on any atom is 0.191 e. The molecule has 0 spiro atoms. The Morgan fingerprint density at radius 1 is 0.933 bits per heavy atom. The first-order chi connectivity index (χ1) is 14.4. The van der Waals surface area contributed by atoms with E-state index >= 15 is 0 Å². The lowest BCUT2D eigenvalue weighted by atomic mass is 10.1. The Balaban J connectivity index is 1.54. The highest BCUT2D eigenvalue weighted by Crippen LogP contribution is 2.14. The smallest absolute Gasteiger partial charge is 0.191 e. The molecule has 2 aromatic rings. The first kappa shape index (κ1) is 22.3. The summed E-state index contributed by atoms with van der Waals surface area (Å²) < 4.78 is 23.1. The molecule has 0 atom stereocenters. The Morgan fingerprint density at radius 3 is 2.13 bits per heavy atom. The molecule has 0 aromatic heterocycles. The standard InChI is InChI=1S/C23H32N4O2S/c1-3-24-23(26-17-20-10-12-22(13-11-20)30(2,28)29)25-16-19-6-8-21(9-7-19)18-27-14-4-5-15-27/h6-13H,3-5,14-18H2,1-2H3,(H2,24,25,26). The van der Waals surface area contributed by atoms with E-state index in [1.165, 1.54) is 43.3 Å². The first-order valence-corrected chi connectivity index (χ1v) is 12.4. The predicted octanol–water partition coefficient (Wildman–Crippen LogP) is 2.94. The summed E-state index contributed by atoms with van der Waals surface area (Å²) >= 11 is 0. The fourth-order valence-corrected chi connectivity index (χ4v) is 4.13. The monoisotopic (exact) mass is 428 g/mol. The van der Waals surface area contributed by atoms with Gasteiger partial charge in [-0.15, -0.1) is 0 Å². The number of guanidine groups is 1. The Labute approximate surface area is 180 Å². The molecule has 2 aromatic carbocycles. The molecule has 30 heavy (non-hydrogen) atoms. The van der Waals surface area contributed by atoms with Crippen LogP contribution >= 0.6 is 0 Å². The van der Waals surface area contributed by atoms with Crippen LogP contribution in [0.1, 0.15) is 36.5 Å². The Hall–Kier alpha value is -2.38. The average molecular weight is 429 g/mol. The molecule has 0 bridgehead atoms. The van der Waals surface area contributed by atoms with Crippen LogP contribution in [0.25, 0.3) is 0 Å². The molecular weight excluding hydrogens is 396 g/mol. The van der Waals surface area contributed by atoms with Crippen molar-refractivity contribution in [2.24, 2.45) is 4.99 Å². The lowest BCUT2D eigenvalue weighted by Crippen LogP contribution is -2.36. The third-order valence-electron chi connectivity index (χ3n) is 5.20. The second-order valence-electron chi connectivity index (χ2n) is 7.76. The molecule has 1 aliphatic rings. The van der Waals surface area contributed by atoms with Crippen LogP contribution in [0, 0.1) is 0 Å². The van der Waals surface area contributed by atoms with Crippen LogP contribution in [0.2, 0.25) is 0 Å². The van der Waals surface area contributed by atoms with Crippen molar-refractivity contribution >= 4 is 15.8 Å². The number of benzene rings is 2. The number of nitrogens with one attached hydrogen (secondary N) is 2. The maximum atomic E-state index is 11.6. The minimum absolute atomic E-state index is 0.327. The minimum atomic E-state index is -3.17. The van der Waals surface area contributed by atoms with Gasteiger partial charge in [-0.3, -0.25) is 4.90 Å². The summed E-state index contributed by atoms with van der Waals surface area (Å²) in [5, 5.41) is 6.62. The second-order valence-corrected chi connectivity index (χ2v) is 9.78. The summed E-state index contributed by atoms with van der Waals surface area (Å²) in [4.78, 5) is 7.45. The third-order valence-corrected chi connectivity index (χ3v) is 6.33. The summed E-state index contributed by atoms with van der Waals surface area (Å²) in [6.07, 6.45) is 3.85. The predicted molar refractivity (Wildman–Crippen MR) is 122 cm³/mol. The first-order valence-electron chi connectivity index (χ1n) is 10.6.